The summed E-state index contributed by atoms with van der Waals surface area (Å²) >= 11 is 0. The Morgan fingerprint density at radius 1 is 1.06 bits per heavy atom. The molecule has 3 amide bonds. The number of carbonyl (C=O) groups excluding carboxylic acids is 3. The number of nitrogens with zero attached hydrogens (tertiary/aromatic N) is 1. The normalized spacial score (nSPS) is 19.0. The first-order valence-corrected chi connectivity index (χ1v) is 12.1. The van der Waals surface area contributed by atoms with Gasteiger partial charge in [0, 0.05) is 19.2 Å². The lowest BCUT2D eigenvalue weighted by Gasteiger charge is -2.32. The standard InChI is InChI=1S/C26H33N3O5/c1-18-10-12-19(13-11-18)23(24(30)27-16-21-8-4-14-33-21)29(17-22-9-5-15-34-22)26(32)25(31)28-20-6-2-3-7-20/h4,8,10-14,20,22-23H,2-3,5-7,9,15-17H2,1H3,(H,27,30)(H,28,31). The van der Waals surface area contributed by atoms with Gasteiger partial charge in [-0.25, -0.2) is 0 Å². The Kier molecular flexibility index (Phi) is 8.00. The highest BCUT2D eigenvalue weighted by Gasteiger charge is 2.37. The molecule has 34 heavy (non-hydrogen) atoms. The Bertz CT molecular complexity index is 961. The number of hydrogen-bond donors (Lipinski definition) is 2. The summed E-state index contributed by atoms with van der Waals surface area (Å²) in [5.74, 6) is -1.14. The van der Waals surface area contributed by atoms with Crippen molar-refractivity contribution in [1.82, 2.24) is 15.5 Å². The third kappa shape index (κ3) is 6.05. The maximum absolute atomic E-state index is 13.5. The first kappa shape index (κ1) is 24.0. The van der Waals surface area contributed by atoms with E-state index in [4.69, 9.17) is 9.15 Å². The monoisotopic (exact) mass is 467 g/mol. The molecule has 8 nitrogen and oxygen atoms in total. The highest BCUT2D eigenvalue weighted by molar-refractivity contribution is 6.35. The molecule has 2 atom stereocenters. The van der Waals surface area contributed by atoms with Crippen molar-refractivity contribution in [3.05, 3.63) is 59.5 Å². The summed E-state index contributed by atoms with van der Waals surface area (Å²) in [4.78, 5) is 41.3. The van der Waals surface area contributed by atoms with Crippen LogP contribution in [0.3, 0.4) is 0 Å². The Morgan fingerprint density at radius 2 is 1.82 bits per heavy atom. The lowest BCUT2D eigenvalue weighted by molar-refractivity contribution is -0.151. The highest BCUT2D eigenvalue weighted by Crippen LogP contribution is 2.26. The van der Waals surface area contributed by atoms with E-state index < -0.39 is 17.9 Å². The van der Waals surface area contributed by atoms with E-state index in [2.05, 4.69) is 10.6 Å². The highest BCUT2D eigenvalue weighted by atomic mass is 16.5. The maximum atomic E-state index is 13.5. The summed E-state index contributed by atoms with van der Waals surface area (Å²) in [6.45, 7) is 2.93. The Morgan fingerprint density at radius 3 is 2.47 bits per heavy atom. The predicted molar refractivity (Wildman–Crippen MR) is 126 cm³/mol. The van der Waals surface area contributed by atoms with Gasteiger partial charge in [-0.1, -0.05) is 42.7 Å². The maximum Gasteiger partial charge on any atom is 0.312 e. The zero-order valence-electron chi connectivity index (χ0n) is 19.6. The van der Waals surface area contributed by atoms with Gasteiger partial charge in [-0.15, -0.1) is 0 Å². The zero-order chi connectivity index (χ0) is 23.9. The molecule has 2 heterocycles. The first-order chi connectivity index (χ1) is 16.5. The van der Waals surface area contributed by atoms with E-state index in [0.717, 1.165) is 44.1 Å². The van der Waals surface area contributed by atoms with Gasteiger partial charge < -0.3 is 24.7 Å². The van der Waals surface area contributed by atoms with Gasteiger partial charge in [-0.3, -0.25) is 14.4 Å². The van der Waals surface area contributed by atoms with Crippen LogP contribution in [0.2, 0.25) is 0 Å². The molecule has 0 radical (unpaired) electrons. The number of rotatable bonds is 8. The minimum atomic E-state index is -0.971. The fraction of sp³-hybridized carbons (Fsp3) is 0.500. The minimum Gasteiger partial charge on any atom is -0.467 e. The molecule has 8 heteroatoms. The number of aryl methyl sites for hydroxylation is 1. The van der Waals surface area contributed by atoms with Gasteiger partial charge in [-0.2, -0.15) is 0 Å². The average Bonchev–Trinajstić information content (AvgIpc) is 3.62. The Hall–Kier alpha value is -3.13. The van der Waals surface area contributed by atoms with E-state index in [9.17, 15) is 14.4 Å². The molecular formula is C26H33N3O5. The number of amides is 3. The molecule has 4 rings (SSSR count). The van der Waals surface area contributed by atoms with Gasteiger partial charge in [-0.05, 0) is 50.3 Å². The molecule has 2 aromatic rings. The number of carbonyl (C=O) groups is 3. The summed E-state index contributed by atoms with van der Waals surface area (Å²) in [7, 11) is 0. The lowest BCUT2D eigenvalue weighted by Crippen LogP contribution is -2.52. The summed E-state index contributed by atoms with van der Waals surface area (Å²) in [5.41, 5.74) is 1.68. The topological polar surface area (TPSA) is 101 Å². The van der Waals surface area contributed by atoms with Crippen LogP contribution in [0.15, 0.2) is 47.1 Å². The van der Waals surface area contributed by atoms with Gasteiger partial charge in [0.05, 0.1) is 18.9 Å². The van der Waals surface area contributed by atoms with Crippen molar-refractivity contribution >= 4 is 17.7 Å². The van der Waals surface area contributed by atoms with Crippen LogP contribution in [0.25, 0.3) is 0 Å². The number of ether oxygens (including phenoxy) is 1. The van der Waals surface area contributed by atoms with E-state index in [1.165, 1.54) is 4.90 Å². The van der Waals surface area contributed by atoms with Gasteiger partial charge in [0.25, 0.3) is 0 Å². The summed E-state index contributed by atoms with van der Waals surface area (Å²) in [6, 6.07) is 10.0. The molecule has 2 aliphatic rings. The molecule has 1 aromatic heterocycles. The second kappa shape index (κ2) is 11.3. The van der Waals surface area contributed by atoms with E-state index in [1.807, 2.05) is 31.2 Å². The number of nitrogens with one attached hydrogen (secondary N) is 2. The smallest absolute Gasteiger partial charge is 0.312 e. The van der Waals surface area contributed by atoms with Crippen LogP contribution < -0.4 is 10.6 Å². The molecule has 182 valence electrons. The molecule has 0 bridgehead atoms. The molecule has 1 saturated heterocycles. The molecule has 2 N–H and O–H groups in total. The van der Waals surface area contributed by atoms with E-state index in [-0.39, 0.29) is 31.1 Å². The molecule has 0 spiro atoms. The molecule has 1 saturated carbocycles. The molecular weight excluding hydrogens is 434 g/mol. The van der Waals surface area contributed by atoms with Crippen LogP contribution >= 0.6 is 0 Å². The van der Waals surface area contributed by atoms with Crippen molar-refractivity contribution in [2.75, 3.05) is 13.2 Å². The molecule has 1 aromatic carbocycles. The predicted octanol–water partition coefficient (Wildman–Crippen LogP) is 3.01. The van der Waals surface area contributed by atoms with E-state index in [1.54, 1.807) is 18.4 Å². The third-order valence-electron chi connectivity index (χ3n) is 6.54. The van der Waals surface area contributed by atoms with Gasteiger partial charge in [0.2, 0.25) is 5.91 Å². The van der Waals surface area contributed by atoms with Crippen LogP contribution in [-0.2, 0) is 25.7 Å². The summed E-state index contributed by atoms with van der Waals surface area (Å²) in [6.07, 6.45) is 6.82. The second-order valence-corrected chi connectivity index (χ2v) is 9.16. The van der Waals surface area contributed by atoms with Crippen LogP contribution in [0.1, 0.15) is 61.5 Å². The molecule has 2 unspecified atom stereocenters. The van der Waals surface area contributed by atoms with Crippen molar-refractivity contribution in [3.63, 3.8) is 0 Å². The van der Waals surface area contributed by atoms with E-state index >= 15 is 0 Å². The van der Waals surface area contributed by atoms with Crippen molar-refractivity contribution in [1.29, 1.82) is 0 Å². The quantitative estimate of drug-likeness (QED) is 0.582. The molecule has 2 fully saturated rings. The first-order valence-electron chi connectivity index (χ1n) is 12.1. The average molecular weight is 468 g/mol. The zero-order valence-corrected chi connectivity index (χ0v) is 19.6. The SMILES string of the molecule is Cc1ccc(C(C(=O)NCc2ccco2)N(CC2CCCO2)C(=O)C(=O)NC2CCCC2)cc1. The van der Waals surface area contributed by atoms with Crippen LogP contribution in [-0.4, -0.2) is 47.9 Å². The van der Waals surface area contributed by atoms with Crippen molar-refractivity contribution < 1.29 is 23.5 Å². The number of benzene rings is 1. The largest absolute Gasteiger partial charge is 0.467 e. The van der Waals surface area contributed by atoms with Crippen molar-refractivity contribution in [3.8, 4) is 0 Å². The van der Waals surface area contributed by atoms with Gasteiger partial charge in [0.15, 0.2) is 0 Å². The fourth-order valence-electron chi connectivity index (χ4n) is 4.67. The van der Waals surface area contributed by atoms with Crippen LogP contribution in [0, 0.1) is 6.92 Å². The lowest BCUT2D eigenvalue weighted by atomic mass is 10.0. The summed E-state index contributed by atoms with van der Waals surface area (Å²) in [5, 5.41) is 5.75. The fourth-order valence-corrected chi connectivity index (χ4v) is 4.67. The van der Waals surface area contributed by atoms with E-state index in [0.29, 0.717) is 17.9 Å². The Balaban J connectivity index is 1.60. The van der Waals surface area contributed by atoms with Crippen LogP contribution in [0.4, 0.5) is 0 Å². The molecule has 1 aliphatic heterocycles. The van der Waals surface area contributed by atoms with Crippen LogP contribution in [0.5, 0.6) is 0 Å². The van der Waals surface area contributed by atoms with Gasteiger partial charge in [0.1, 0.15) is 11.8 Å². The number of hydrogen-bond acceptors (Lipinski definition) is 5. The minimum absolute atomic E-state index is 0.00614. The summed E-state index contributed by atoms with van der Waals surface area (Å²) < 4.78 is 11.1. The van der Waals surface area contributed by atoms with Gasteiger partial charge >= 0.3 is 11.8 Å². The third-order valence-corrected chi connectivity index (χ3v) is 6.54. The van der Waals surface area contributed by atoms with Crippen molar-refractivity contribution in [2.45, 2.75) is 70.2 Å². The van der Waals surface area contributed by atoms with Crippen molar-refractivity contribution in [2.24, 2.45) is 0 Å². The second-order valence-electron chi connectivity index (χ2n) is 9.16. The number of furan rings is 1. The molecule has 1 aliphatic carbocycles. The Labute approximate surface area is 200 Å².